The Morgan fingerprint density at radius 3 is 2.28 bits per heavy atom. The number of carbonyl (C=O) groups is 1. The molecule has 1 aliphatic carbocycles. The summed E-state index contributed by atoms with van der Waals surface area (Å²) in [6.07, 6.45) is 7.06. The highest BCUT2D eigenvalue weighted by molar-refractivity contribution is 6.07. The number of fused-ring (bicyclic) bond motifs is 3. The fraction of sp³-hybridized carbons (Fsp3) is 0.222. The first-order chi connectivity index (χ1) is 15.2. The topological polar surface area (TPSA) is 41.6 Å². The van der Waals surface area contributed by atoms with Crippen LogP contribution < -0.4 is 15.0 Å². The van der Waals surface area contributed by atoms with Crippen LogP contribution in [0.1, 0.15) is 28.7 Å². The number of nitrogens with one attached hydrogen (secondary N) is 1. The second-order valence-corrected chi connectivity index (χ2v) is 8.10. The number of para-hydroxylation sites is 2. The Labute approximate surface area is 195 Å². The monoisotopic (exact) mass is 446 g/mol. The molecule has 0 radical (unpaired) electrons. The first kappa shape index (κ1) is 22.1. The van der Waals surface area contributed by atoms with Gasteiger partial charge in [-0.2, -0.15) is 0 Å². The molecule has 1 N–H and O–H groups in total. The number of carbonyl (C=O) groups excluding carboxylic acids is 1. The van der Waals surface area contributed by atoms with Crippen LogP contribution in [0.3, 0.4) is 0 Å². The molecule has 2 aliphatic rings. The number of nitrogens with zero attached hydrogens (tertiary/aromatic N) is 1. The molecule has 0 fully saturated rings. The molecule has 0 spiro atoms. The van der Waals surface area contributed by atoms with Crippen LogP contribution in [0.5, 0.6) is 5.75 Å². The summed E-state index contributed by atoms with van der Waals surface area (Å²) in [6.45, 7) is 0.290. The lowest BCUT2D eigenvalue weighted by molar-refractivity contribution is -0.117. The SMILES string of the molecule is COc1cccc2c1CC(NCC(=O)N1c3ccccc3C=Cc3ccccc31)CC2.Cl. The first-order valence-corrected chi connectivity index (χ1v) is 10.8. The minimum absolute atomic E-state index is 0. The molecule has 0 bridgehead atoms. The fourth-order valence-corrected chi connectivity index (χ4v) is 4.67. The van der Waals surface area contributed by atoms with Crippen molar-refractivity contribution in [3.63, 3.8) is 0 Å². The molecule has 3 aromatic carbocycles. The summed E-state index contributed by atoms with van der Waals surface area (Å²) in [5, 5.41) is 3.53. The lowest BCUT2D eigenvalue weighted by atomic mass is 9.87. The molecular weight excluding hydrogens is 420 g/mol. The van der Waals surface area contributed by atoms with Gasteiger partial charge in [0.25, 0.3) is 0 Å². The number of benzene rings is 3. The summed E-state index contributed by atoms with van der Waals surface area (Å²) >= 11 is 0. The quantitative estimate of drug-likeness (QED) is 0.582. The predicted molar refractivity (Wildman–Crippen MR) is 133 cm³/mol. The summed E-state index contributed by atoms with van der Waals surface area (Å²) in [5.41, 5.74) is 6.55. The lowest BCUT2D eigenvalue weighted by Crippen LogP contribution is -2.42. The second-order valence-electron chi connectivity index (χ2n) is 8.10. The largest absolute Gasteiger partial charge is 0.496 e. The summed E-state index contributed by atoms with van der Waals surface area (Å²) in [6, 6.07) is 22.6. The molecule has 5 heteroatoms. The Morgan fingerprint density at radius 1 is 0.969 bits per heavy atom. The van der Waals surface area contributed by atoms with Crippen molar-refractivity contribution < 1.29 is 9.53 Å². The summed E-state index contributed by atoms with van der Waals surface area (Å²) < 4.78 is 5.56. The van der Waals surface area contributed by atoms with Gasteiger partial charge in [-0.3, -0.25) is 9.69 Å². The van der Waals surface area contributed by atoms with Gasteiger partial charge in [-0.25, -0.2) is 0 Å². The van der Waals surface area contributed by atoms with Gasteiger partial charge < -0.3 is 10.1 Å². The van der Waals surface area contributed by atoms with Crippen molar-refractivity contribution in [1.82, 2.24) is 5.32 Å². The zero-order valence-electron chi connectivity index (χ0n) is 18.1. The molecular formula is C27H27ClN2O2. The minimum atomic E-state index is 0. The molecule has 1 atom stereocenters. The molecule has 164 valence electrons. The van der Waals surface area contributed by atoms with E-state index in [2.05, 4.69) is 41.7 Å². The maximum Gasteiger partial charge on any atom is 0.245 e. The number of amides is 1. The van der Waals surface area contributed by atoms with E-state index in [1.165, 1.54) is 11.1 Å². The third-order valence-corrected chi connectivity index (χ3v) is 6.25. The minimum Gasteiger partial charge on any atom is -0.496 e. The van der Waals surface area contributed by atoms with Crippen molar-refractivity contribution in [2.75, 3.05) is 18.6 Å². The molecule has 0 saturated heterocycles. The molecule has 3 aromatic rings. The normalized spacial score (nSPS) is 16.2. The first-order valence-electron chi connectivity index (χ1n) is 10.8. The van der Waals surface area contributed by atoms with Crippen LogP contribution in [0.25, 0.3) is 12.2 Å². The summed E-state index contributed by atoms with van der Waals surface area (Å²) in [5.74, 6) is 0.992. The number of hydrogen-bond acceptors (Lipinski definition) is 3. The third kappa shape index (κ3) is 4.16. The Kier molecular flexibility index (Phi) is 6.63. The summed E-state index contributed by atoms with van der Waals surface area (Å²) in [4.78, 5) is 15.4. The molecule has 1 unspecified atom stereocenters. The fourth-order valence-electron chi connectivity index (χ4n) is 4.67. The van der Waals surface area contributed by atoms with E-state index in [4.69, 9.17) is 4.74 Å². The molecule has 1 amide bonds. The Morgan fingerprint density at radius 2 is 1.62 bits per heavy atom. The zero-order valence-corrected chi connectivity index (χ0v) is 18.9. The molecule has 0 aromatic heterocycles. The van der Waals surface area contributed by atoms with E-state index in [-0.39, 0.29) is 30.9 Å². The van der Waals surface area contributed by atoms with Crippen molar-refractivity contribution in [3.05, 3.63) is 89.0 Å². The number of ether oxygens (including phenoxy) is 1. The second kappa shape index (κ2) is 9.60. The van der Waals surface area contributed by atoms with E-state index >= 15 is 0 Å². The van der Waals surface area contributed by atoms with Crippen LogP contribution in [-0.4, -0.2) is 25.6 Å². The number of methoxy groups -OCH3 is 1. The molecule has 1 heterocycles. The van der Waals surface area contributed by atoms with Gasteiger partial charge in [0.2, 0.25) is 5.91 Å². The number of hydrogen-bond donors (Lipinski definition) is 1. The van der Waals surface area contributed by atoms with Crippen LogP contribution in [-0.2, 0) is 17.6 Å². The van der Waals surface area contributed by atoms with Gasteiger partial charge in [-0.05, 0) is 59.7 Å². The van der Waals surface area contributed by atoms with Crippen molar-refractivity contribution in [2.45, 2.75) is 25.3 Å². The van der Waals surface area contributed by atoms with E-state index in [0.29, 0.717) is 0 Å². The van der Waals surface area contributed by atoms with Crippen molar-refractivity contribution >= 4 is 41.8 Å². The lowest BCUT2D eigenvalue weighted by Gasteiger charge is -2.29. The van der Waals surface area contributed by atoms with E-state index in [1.54, 1.807) is 7.11 Å². The van der Waals surface area contributed by atoms with Gasteiger partial charge in [0.15, 0.2) is 0 Å². The maximum absolute atomic E-state index is 13.5. The highest BCUT2D eigenvalue weighted by Crippen LogP contribution is 2.36. The van der Waals surface area contributed by atoms with Crippen LogP contribution in [0.4, 0.5) is 11.4 Å². The average molecular weight is 447 g/mol. The van der Waals surface area contributed by atoms with Crippen molar-refractivity contribution in [1.29, 1.82) is 0 Å². The predicted octanol–water partition coefficient (Wildman–Crippen LogP) is 5.41. The van der Waals surface area contributed by atoms with Gasteiger partial charge >= 0.3 is 0 Å². The van der Waals surface area contributed by atoms with Gasteiger partial charge in [-0.1, -0.05) is 60.7 Å². The molecule has 1 aliphatic heterocycles. The van der Waals surface area contributed by atoms with Crippen LogP contribution in [0.2, 0.25) is 0 Å². The Balaban J connectivity index is 0.00000245. The third-order valence-electron chi connectivity index (χ3n) is 6.25. The van der Waals surface area contributed by atoms with Gasteiger partial charge in [0.05, 0.1) is 25.0 Å². The van der Waals surface area contributed by atoms with Crippen LogP contribution in [0, 0.1) is 0 Å². The molecule has 4 nitrogen and oxygen atoms in total. The Bertz CT molecular complexity index is 1090. The van der Waals surface area contributed by atoms with Crippen molar-refractivity contribution in [3.8, 4) is 5.75 Å². The number of aryl methyl sites for hydroxylation is 1. The van der Waals surface area contributed by atoms with E-state index in [1.807, 2.05) is 47.4 Å². The zero-order chi connectivity index (χ0) is 21.2. The van der Waals surface area contributed by atoms with E-state index < -0.39 is 0 Å². The van der Waals surface area contributed by atoms with Gasteiger partial charge in [-0.15, -0.1) is 12.4 Å². The van der Waals surface area contributed by atoms with E-state index in [0.717, 1.165) is 47.5 Å². The molecule has 0 saturated carbocycles. The van der Waals surface area contributed by atoms with E-state index in [9.17, 15) is 4.79 Å². The van der Waals surface area contributed by atoms with Gasteiger partial charge in [0, 0.05) is 6.04 Å². The summed E-state index contributed by atoms with van der Waals surface area (Å²) in [7, 11) is 1.72. The highest BCUT2D eigenvalue weighted by Gasteiger charge is 2.26. The smallest absolute Gasteiger partial charge is 0.245 e. The average Bonchev–Trinajstić information content (AvgIpc) is 2.99. The van der Waals surface area contributed by atoms with Gasteiger partial charge in [0.1, 0.15) is 5.75 Å². The maximum atomic E-state index is 13.5. The standard InChI is InChI=1S/C27H26N2O2.ClH/c1-31-26-12-6-9-19-15-16-22(17-23(19)26)28-18-27(30)29-24-10-4-2-7-20(24)13-14-21-8-3-5-11-25(21)29;/h2-14,22,28H,15-18H2,1H3;1H. The number of anilines is 2. The number of halogens is 1. The van der Waals surface area contributed by atoms with Crippen LogP contribution in [0.15, 0.2) is 66.7 Å². The molecule has 5 rings (SSSR count). The Hall–Kier alpha value is -3.08. The number of rotatable bonds is 4. The molecule has 32 heavy (non-hydrogen) atoms. The van der Waals surface area contributed by atoms with Crippen molar-refractivity contribution in [2.24, 2.45) is 0 Å². The highest BCUT2D eigenvalue weighted by atomic mass is 35.5. The van der Waals surface area contributed by atoms with Crippen LogP contribution >= 0.6 is 12.4 Å².